The van der Waals surface area contributed by atoms with Crippen LogP contribution in [-0.2, 0) is 5.41 Å². The summed E-state index contributed by atoms with van der Waals surface area (Å²) in [5, 5.41) is 2.77. The largest absolute Gasteiger partial charge is 0.342 e. The smallest absolute Gasteiger partial charge is 0.0433 e. The molecule has 1 aromatic heterocycles. The van der Waals surface area contributed by atoms with Crippen LogP contribution >= 0.6 is 11.3 Å². The molecule has 1 aliphatic rings. The Morgan fingerprint density at radius 1 is 0.714 bits per heavy atom. The molecule has 7 rings (SSSR count). The molecule has 0 aliphatic heterocycles. The molecule has 0 fully saturated rings. The van der Waals surface area contributed by atoms with Gasteiger partial charge in [0.2, 0.25) is 0 Å². The number of anilines is 2. The molecule has 0 atom stereocenters. The van der Waals surface area contributed by atoms with Crippen LogP contribution in [0.5, 0.6) is 0 Å². The second kappa shape index (κ2) is 11.8. The van der Waals surface area contributed by atoms with Crippen LogP contribution in [0.25, 0.3) is 36.9 Å². The van der Waals surface area contributed by atoms with Crippen molar-refractivity contribution in [3.8, 4) is 11.1 Å². The first-order chi connectivity index (χ1) is 20.5. The first-order valence-electron chi connectivity index (χ1n) is 14.7. The fourth-order valence-electron chi connectivity index (χ4n) is 6.20. The van der Waals surface area contributed by atoms with E-state index in [9.17, 15) is 0 Å². The van der Waals surface area contributed by atoms with Crippen molar-refractivity contribution in [2.24, 2.45) is 0 Å². The summed E-state index contributed by atoms with van der Waals surface area (Å²) in [5.41, 5.74) is 9.55. The number of hydrogen-bond donors (Lipinski definition) is 0. The summed E-state index contributed by atoms with van der Waals surface area (Å²) in [7, 11) is 0. The van der Waals surface area contributed by atoms with Gasteiger partial charge in [-0.15, -0.1) is 11.3 Å². The number of hydrogen-bond acceptors (Lipinski definition) is 2. The molecule has 208 valence electrons. The summed E-state index contributed by atoms with van der Waals surface area (Å²) in [5.74, 6) is 0. The van der Waals surface area contributed by atoms with E-state index in [1.165, 1.54) is 59.4 Å². The third-order valence-electron chi connectivity index (χ3n) is 8.22. The lowest BCUT2D eigenvalue weighted by Gasteiger charge is -2.23. The third-order valence-corrected chi connectivity index (χ3v) is 9.42. The van der Waals surface area contributed by atoms with Crippen LogP contribution in [0.2, 0.25) is 0 Å². The first-order valence-corrected chi connectivity index (χ1v) is 15.6. The van der Waals surface area contributed by atoms with Gasteiger partial charge in [-0.1, -0.05) is 124 Å². The number of fused-ring (bicyclic) bond motifs is 5. The molecule has 1 aliphatic carbocycles. The molecule has 0 saturated carbocycles. The van der Waals surface area contributed by atoms with Gasteiger partial charge in [0.05, 0.1) is 0 Å². The maximum Gasteiger partial charge on any atom is 0.0433 e. The van der Waals surface area contributed by atoms with E-state index in [1.54, 1.807) is 0 Å². The Kier molecular flexibility index (Phi) is 7.82. The molecule has 0 bridgehead atoms. The van der Waals surface area contributed by atoms with Crippen molar-refractivity contribution in [1.82, 2.24) is 0 Å². The van der Waals surface area contributed by atoms with Gasteiger partial charge in [-0.2, -0.15) is 0 Å². The molecular formula is C40H37NS. The highest BCUT2D eigenvalue weighted by atomic mass is 32.1. The summed E-state index contributed by atoms with van der Waals surface area (Å²) < 4.78 is 2.82. The van der Waals surface area contributed by atoms with Gasteiger partial charge < -0.3 is 4.90 Å². The number of nitrogens with zero attached hydrogens (tertiary/aromatic N) is 1. The Hall–Kier alpha value is -4.40. The maximum absolute atomic E-state index is 3.89. The molecule has 1 nitrogen and oxygen atoms in total. The average Bonchev–Trinajstić information content (AvgIpc) is 3.53. The van der Waals surface area contributed by atoms with E-state index < -0.39 is 0 Å². The standard InChI is InChI=1S/C20H19N.C20H18S/c1-2-21(19-11-7-4-8-12-19)20-15-13-18(14-16-20)17-9-5-3-6-10-17;1-4-7-13-12-20(2,3)16-11-10-15-14-8-5-6-9-17(14)21-19(15)18(13)16/h3-16H,2H2,1H3;4-11H,1,12H2,2-3H3/b;13-7+. The topological polar surface area (TPSA) is 3.24 Å². The van der Waals surface area contributed by atoms with Gasteiger partial charge in [-0.05, 0) is 76.9 Å². The van der Waals surface area contributed by atoms with E-state index >= 15 is 0 Å². The molecule has 0 saturated heterocycles. The van der Waals surface area contributed by atoms with E-state index in [1.807, 2.05) is 23.5 Å². The zero-order valence-corrected chi connectivity index (χ0v) is 25.5. The van der Waals surface area contributed by atoms with Crippen molar-refractivity contribution in [2.75, 3.05) is 11.4 Å². The number of benzene rings is 5. The van der Waals surface area contributed by atoms with Gasteiger partial charge in [-0.25, -0.2) is 0 Å². The Morgan fingerprint density at radius 2 is 1.33 bits per heavy atom. The molecule has 2 heteroatoms. The maximum atomic E-state index is 3.89. The van der Waals surface area contributed by atoms with Crippen molar-refractivity contribution in [2.45, 2.75) is 32.6 Å². The average molecular weight is 564 g/mol. The van der Waals surface area contributed by atoms with E-state index in [-0.39, 0.29) is 5.41 Å². The minimum atomic E-state index is 0.217. The van der Waals surface area contributed by atoms with E-state index in [0.29, 0.717) is 0 Å². The lowest BCUT2D eigenvalue weighted by atomic mass is 9.86. The SMILES string of the molecule is C=C/C=C1\CC(C)(C)c2ccc3c(sc4ccccc43)c21.CCN(c1ccccc1)c1ccc(-c2ccccc2)cc1. The molecule has 6 aromatic rings. The molecule has 42 heavy (non-hydrogen) atoms. The van der Waals surface area contributed by atoms with Crippen LogP contribution in [0.15, 0.2) is 140 Å². The summed E-state index contributed by atoms with van der Waals surface area (Å²) in [6.45, 7) is 11.7. The van der Waals surface area contributed by atoms with Crippen LogP contribution in [0.3, 0.4) is 0 Å². The minimum absolute atomic E-state index is 0.217. The molecule has 0 unspecified atom stereocenters. The highest BCUT2D eigenvalue weighted by Gasteiger charge is 2.34. The lowest BCUT2D eigenvalue weighted by molar-refractivity contribution is 0.563. The van der Waals surface area contributed by atoms with Crippen LogP contribution < -0.4 is 4.90 Å². The van der Waals surface area contributed by atoms with Gasteiger partial charge in [0.1, 0.15) is 0 Å². The Morgan fingerprint density at radius 3 is 2.02 bits per heavy atom. The Balaban J connectivity index is 0.000000150. The van der Waals surface area contributed by atoms with Gasteiger partial charge in [0.25, 0.3) is 0 Å². The Labute approximate surface area is 254 Å². The molecule has 0 amide bonds. The third kappa shape index (κ3) is 5.31. The molecule has 5 aromatic carbocycles. The molecular weight excluding hydrogens is 527 g/mol. The van der Waals surface area contributed by atoms with Crippen LogP contribution in [0, 0.1) is 0 Å². The highest BCUT2D eigenvalue weighted by molar-refractivity contribution is 7.26. The van der Waals surface area contributed by atoms with Gasteiger partial charge >= 0.3 is 0 Å². The first kappa shape index (κ1) is 27.8. The normalized spacial score (nSPS) is 14.4. The van der Waals surface area contributed by atoms with Gasteiger partial charge in [-0.3, -0.25) is 0 Å². The Bertz CT molecular complexity index is 1860. The predicted molar refractivity (Wildman–Crippen MR) is 186 cm³/mol. The summed E-state index contributed by atoms with van der Waals surface area (Å²) in [6, 6.07) is 43.1. The van der Waals surface area contributed by atoms with Crippen molar-refractivity contribution >= 4 is 48.5 Å². The molecule has 0 radical (unpaired) electrons. The van der Waals surface area contributed by atoms with Crippen molar-refractivity contribution in [1.29, 1.82) is 0 Å². The van der Waals surface area contributed by atoms with Crippen LogP contribution in [0.1, 0.15) is 38.3 Å². The highest BCUT2D eigenvalue weighted by Crippen LogP contribution is 2.51. The van der Waals surface area contributed by atoms with E-state index in [0.717, 1.165) is 13.0 Å². The number of para-hydroxylation sites is 1. The molecule has 0 spiro atoms. The number of rotatable bonds is 5. The summed E-state index contributed by atoms with van der Waals surface area (Å²) in [6.07, 6.45) is 5.21. The zero-order valence-electron chi connectivity index (χ0n) is 24.7. The number of allylic oxidation sites excluding steroid dienone is 3. The van der Waals surface area contributed by atoms with Gasteiger partial charge in [0, 0.05) is 38.1 Å². The van der Waals surface area contributed by atoms with Crippen LogP contribution in [0.4, 0.5) is 11.4 Å². The second-order valence-corrected chi connectivity index (χ2v) is 12.5. The van der Waals surface area contributed by atoms with Crippen LogP contribution in [-0.4, -0.2) is 6.54 Å². The summed E-state index contributed by atoms with van der Waals surface area (Å²) >= 11 is 1.92. The molecule has 1 heterocycles. The van der Waals surface area contributed by atoms with E-state index in [4.69, 9.17) is 0 Å². The predicted octanol–water partition coefficient (Wildman–Crippen LogP) is 11.8. The van der Waals surface area contributed by atoms with Crippen molar-refractivity contribution < 1.29 is 0 Å². The van der Waals surface area contributed by atoms with Gasteiger partial charge in [0.15, 0.2) is 0 Å². The van der Waals surface area contributed by atoms with Crippen molar-refractivity contribution in [3.05, 3.63) is 151 Å². The summed E-state index contributed by atoms with van der Waals surface area (Å²) in [4.78, 5) is 2.31. The fraction of sp³-hybridized carbons (Fsp3) is 0.150. The molecule has 0 N–H and O–H groups in total. The number of thiophene rings is 1. The second-order valence-electron chi connectivity index (χ2n) is 11.4. The van der Waals surface area contributed by atoms with Crippen molar-refractivity contribution in [3.63, 3.8) is 0 Å². The quantitative estimate of drug-likeness (QED) is 0.202. The lowest BCUT2D eigenvalue weighted by Crippen LogP contribution is -2.15. The zero-order chi connectivity index (χ0) is 29.1. The van der Waals surface area contributed by atoms with E-state index in [2.05, 4.69) is 154 Å². The monoisotopic (exact) mass is 563 g/mol. The fourth-order valence-corrected chi connectivity index (χ4v) is 7.49. The minimum Gasteiger partial charge on any atom is -0.342 e.